The summed E-state index contributed by atoms with van der Waals surface area (Å²) in [5.41, 5.74) is 2.87. The Labute approximate surface area is 182 Å². The Bertz CT molecular complexity index is 972. The van der Waals surface area contributed by atoms with Crippen LogP contribution >= 0.6 is 11.3 Å². The van der Waals surface area contributed by atoms with E-state index in [1.165, 1.54) is 12.0 Å². The molecule has 0 radical (unpaired) electrons. The number of benzene rings is 1. The van der Waals surface area contributed by atoms with Gasteiger partial charge in [0, 0.05) is 37.5 Å². The van der Waals surface area contributed by atoms with E-state index in [-0.39, 0.29) is 11.3 Å². The minimum atomic E-state index is -0.161. The molecule has 30 heavy (non-hydrogen) atoms. The molecule has 158 valence electrons. The molecule has 0 bridgehead atoms. The first kappa shape index (κ1) is 20.6. The van der Waals surface area contributed by atoms with Crippen LogP contribution in [0.3, 0.4) is 0 Å². The Morgan fingerprint density at radius 2 is 2.00 bits per heavy atom. The van der Waals surface area contributed by atoms with Crippen LogP contribution in [0.1, 0.15) is 54.4 Å². The molecule has 4 rings (SSSR count). The van der Waals surface area contributed by atoms with E-state index in [1.54, 1.807) is 28.4 Å². The zero-order chi connectivity index (χ0) is 21.0. The third-order valence-electron chi connectivity index (χ3n) is 6.07. The normalized spacial score (nSPS) is 15.9. The summed E-state index contributed by atoms with van der Waals surface area (Å²) >= 11 is 1.68. The van der Waals surface area contributed by atoms with E-state index >= 15 is 0 Å². The molecule has 2 aromatic heterocycles. The highest BCUT2D eigenvalue weighted by atomic mass is 32.1. The van der Waals surface area contributed by atoms with E-state index in [2.05, 4.69) is 52.9 Å². The number of imidazole rings is 1. The van der Waals surface area contributed by atoms with Gasteiger partial charge in [0.1, 0.15) is 5.69 Å². The number of thiazole rings is 1. The number of carbonyl (C=O) groups is 1. The van der Waals surface area contributed by atoms with Crippen LogP contribution in [0, 0.1) is 0 Å². The third kappa shape index (κ3) is 3.99. The van der Waals surface area contributed by atoms with E-state index in [4.69, 9.17) is 4.98 Å². The predicted molar refractivity (Wildman–Crippen MR) is 121 cm³/mol. The summed E-state index contributed by atoms with van der Waals surface area (Å²) in [7, 11) is 1.86. The van der Waals surface area contributed by atoms with Crippen molar-refractivity contribution < 1.29 is 4.79 Å². The number of rotatable bonds is 7. The number of hydrogen-bond acceptors (Lipinski definition) is 5. The molecule has 3 aromatic rings. The monoisotopic (exact) mass is 423 g/mol. The maximum absolute atomic E-state index is 13.0. The van der Waals surface area contributed by atoms with Crippen molar-refractivity contribution in [3.8, 4) is 0 Å². The largest absolute Gasteiger partial charge is 0.362 e. The second kappa shape index (κ2) is 9.00. The van der Waals surface area contributed by atoms with Gasteiger partial charge in [0.2, 0.25) is 0 Å². The summed E-state index contributed by atoms with van der Waals surface area (Å²) in [6, 6.07) is 10.6. The first-order valence-corrected chi connectivity index (χ1v) is 11.5. The topological polar surface area (TPSA) is 63.1 Å². The van der Waals surface area contributed by atoms with Crippen LogP contribution < -0.4 is 5.32 Å². The standard InChI is InChI=1S/C23H29N5OS/c1-3-4-12-25-22-26-20(16-30-22)23(18-8-6-5-7-9-18)10-13-28(14-11-23)21(29)19-15-24-17-27(19)2/h5-9,15-17H,3-4,10-14H2,1-2H3,(H,25,26). The SMILES string of the molecule is CCCCNc1nc(C2(c3ccccc3)CCN(C(=O)c3cncn3C)CC2)cs1. The number of likely N-dealkylation sites (tertiary alicyclic amines) is 1. The smallest absolute Gasteiger partial charge is 0.272 e. The molecule has 0 unspecified atom stereocenters. The molecule has 1 aliphatic heterocycles. The molecule has 0 aliphatic carbocycles. The third-order valence-corrected chi connectivity index (χ3v) is 6.87. The molecule has 1 aromatic carbocycles. The van der Waals surface area contributed by atoms with Gasteiger partial charge in [-0.05, 0) is 24.8 Å². The van der Waals surface area contributed by atoms with Crippen LogP contribution in [0.5, 0.6) is 0 Å². The summed E-state index contributed by atoms with van der Waals surface area (Å²) in [5, 5.41) is 6.64. The van der Waals surface area contributed by atoms with Crippen LogP contribution in [0.25, 0.3) is 0 Å². The molecule has 6 nitrogen and oxygen atoms in total. The Balaban J connectivity index is 1.57. The fraction of sp³-hybridized carbons (Fsp3) is 0.435. The molecule has 1 saturated heterocycles. The van der Waals surface area contributed by atoms with Crippen molar-refractivity contribution in [3.63, 3.8) is 0 Å². The number of hydrogen-bond donors (Lipinski definition) is 1. The second-order valence-electron chi connectivity index (χ2n) is 7.95. The molecule has 3 heterocycles. The lowest BCUT2D eigenvalue weighted by Gasteiger charge is -2.41. The Morgan fingerprint density at radius 1 is 1.23 bits per heavy atom. The highest BCUT2D eigenvalue weighted by Crippen LogP contribution is 2.42. The molecule has 0 saturated carbocycles. The quantitative estimate of drug-likeness (QED) is 0.575. The molecule has 0 atom stereocenters. The molecule has 1 amide bonds. The van der Waals surface area contributed by atoms with Gasteiger partial charge in [-0.1, -0.05) is 43.7 Å². The highest BCUT2D eigenvalue weighted by Gasteiger charge is 2.41. The minimum absolute atomic E-state index is 0.0526. The second-order valence-corrected chi connectivity index (χ2v) is 8.81. The van der Waals surface area contributed by atoms with Gasteiger partial charge in [0.05, 0.1) is 18.2 Å². The first-order chi connectivity index (χ1) is 14.6. The molecular formula is C23H29N5OS. The van der Waals surface area contributed by atoms with Gasteiger partial charge in [-0.15, -0.1) is 11.3 Å². The van der Waals surface area contributed by atoms with Gasteiger partial charge < -0.3 is 14.8 Å². The Morgan fingerprint density at radius 3 is 2.67 bits per heavy atom. The van der Waals surface area contributed by atoms with Gasteiger partial charge in [0.25, 0.3) is 5.91 Å². The zero-order valence-electron chi connectivity index (χ0n) is 17.7. The van der Waals surface area contributed by atoms with Crippen LogP contribution in [0.2, 0.25) is 0 Å². The van der Waals surface area contributed by atoms with Crippen LogP contribution in [-0.4, -0.2) is 45.0 Å². The summed E-state index contributed by atoms with van der Waals surface area (Å²) in [6.07, 6.45) is 7.35. The average molecular weight is 424 g/mol. The van der Waals surface area contributed by atoms with Gasteiger partial charge in [-0.2, -0.15) is 0 Å². The van der Waals surface area contributed by atoms with Crippen molar-refractivity contribution >= 4 is 22.4 Å². The fourth-order valence-corrected chi connectivity index (χ4v) is 5.05. The Hall–Kier alpha value is -2.67. The number of nitrogens with zero attached hydrogens (tertiary/aromatic N) is 4. The minimum Gasteiger partial charge on any atom is -0.362 e. The molecule has 7 heteroatoms. The number of aryl methyl sites for hydroxylation is 1. The lowest BCUT2D eigenvalue weighted by atomic mass is 9.70. The lowest BCUT2D eigenvalue weighted by Crippen LogP contribution is -2.46. The first-order valence-electron chi connectivity index (χ1n) is 10.6. The Kier molecular flexibility index (Phi) is 6.18. The number of unbranched alkanes of at least 4 members (excludes halogenated alkanes) is 1. The highest BCUT2D eigenvalue weighted by molar-refractivity contribution is 7.13. The number of aromatic nitrogens is 3. The maximum atomic E-state index is 13.0. The summed E-state index contributed by atoms with van der Waals surface area (Å²) in [4.78, 5) is 24.0. The summed E-state index contributed by atoms with van der Waals surface area (Å²) < 4.78 is 1.79. The molecule has 1 aliphatic rings. The van der Waals surface area contributed by atoms with Crippen LogP contribution in [0.15, 0.2) is 48.2 Å². The zero-order valence-corrected chi connectivity index (χ0v) is 18.5. The van der Waals surface area contributed by atoms with Crippen molar-refractivity contribution in [2.24, 2.45) is 7.05 Å². The van der Waals surface area contributed by atoms with E-state index in [0.717, 1.165) is 36.6 Å². The number of carbonyl (C=O) groups excluding carboxylic acids is 1. The van der Waals surface area contributed by atoms with Crippen molar-refractivity contribution in [2.45, 2.75) is 38.0 Å². The average Bonchev–Trinajstić information content (AvgIpc) is 3.43. The molecule has 1 fully saturated rings. The van der Waals surface area contributed by atoms with Gasteiger partial charge in [-0.25, -0.2) is 9.97 Å². The van der Waals surface area contributed by atoms with Crippen LogP contribution in [-0.2, 0) is 12.5 Å². The van der Waals surface area contributed by atoms with E-state index in [9.17, 15) is 4.79 Å². The fourth-order valence-electron chi connectivity index (χ4n) is 4.21. The van der Waals surface area contributed by atoms with Crippen molar-refractivity contribution in [3.05, 3.63) is 65.2 Å². The summed E-state index contributed by atoms with van der Waals surface area (Å²) in [5.74, 6) is 0.0526. The summed E-state index contributed by atoms with van der Waals surface area (Å²) in [6.45, 7) is 4.55. The van der Waals surface area contributed by atoms with Gasteiger partial charge in [-0.3, -0.25) is 4.79 Å². The van der Waals surface area contributed by atoms with Crippen molar-refractivity contribution in [1.82, 2.24) is 19.4 Å². The van der Waals surface area contributed by atoms with E-state index < -0.39 is 0 Å². The van der Waals surface area contributed by atoms with Crippen molar-refractivity contribution in [2.75, 3.05) is 25.0 Å². The number of amides is 1. The lowest BCUT2D eigenvalue weighted by molar-refractivity contribution is 0.0674. The van der Waals surface area contributed by atoms with Crippen LogP contribution in [0.4, 0.5) is 5.13 Å². The van der Waals surface area contributed by atoms with E-state index in [1.807, 2.05) is 11.9 Å². The molecule has 1 N–H and O–H groups in total. The van der Waals surface area contributed by atoms with Gasteiger partial charge in [0.15, 0.2) is 5.13 Å². The number of anilines is 1. The number of nitrogens with one attached hydrogen (secondary N) is 1. The molecular weight excluding hydrogens is 394 g/mol. The number of piperidine rings is 1. The molecule has 0 spiro atoms. The maximum Gasteiger partial charge on any atom is 0.272 e. The van der Waals surface area contributed by atoms with Crippen molar-refractivity contribution in [1.29, 1.82) is 0 Å². The van der Waals surface area contributed by atoms with E-state index in [0.29, 0.717) is 18.8 Å². The van der Waals surface area contributed by atoms with Gasteiger partial charge >= 0.3 is 0 Å². The predicted octanol–water partition coefficient (Wildman–Crippen LogP) is 4.31.